The minimum Gasteiger partial charge on any atom is -0.431 e. The van der Waals surface area contributed by atoms with Gasteiger partial charge >= 0.3 is 0 Å². The zero-order chi connectivity index (χ0) is 17.8. The maximum Gasteiger partial charge on any atom is 0.257 e. The Kier molecular flexibility index (Phi) is 5.66. The summed E-state index contributed by atoms with van der Waals surface area (Å²) in [7, 11) is 0. The first-order chi connectivity index (χ1) is 12.1. The number of aryl methyl sites for hydroxylation is 2. The number of thioether (sulfide) groups is 1. The molecule has 3 aromatic rings. The minimum absolute atomic E-state index is 0.0686. The second kappa shape index (κ2) is 7.93. The van der Waals surface area contributed by atoms with Crippen molar-refractivity contribution < 1.29 is 9.21 Å². The summed E-state index contributed by atoms with van der Waals surface area (Å²) < 4.78 is 5.63. The van der Waals surface area contributed by atoms with Gasteiger partial charge in [-0.3, -0.25) is 4.79 Å². The zero-order valence-electron chi connectivity index (χ0n) is 14.1. The lowest BCUT2D eigenvalue weighted by Crippen LogP contribution is -2.16. The minimum atomic E-state index is -0.0686. The topological polar surface area (TPSA) is 55.1 Å². The third-order valence-corrected chi connectivity index (χ3v) is 4.98. The molecular formula is C19H19ClN2O2S. The van der Waals surface area contributed by atoms with Crippen LogP contribution in [-0.4, -0.2) is 16.6 Å². The van der Waals surface area contributed by atoms with Crippen LogP contribution >= 0.6 is 23.4 Å². The van der Waals surface area contributed by atoms with Crippen molar-refractivity contribution in [1.29, 1.82) is 0 Å². The van der Waals surface area contributed by atoms with Crippen molar-refractivity contribution in [2.75, 3.05) is 11.1 Å². The summed E-state index contributed by atoms with van der Waals surface area (Å²) in [6.07, 6.45) is 1.75. The normalized spacial score (nSPS) is 11.0. The monoisotopic (exact) mass is 374 g/mol. The number of nitrogens with one attached hydrogen (secondary N) is 1. The Bertz CT molecular complexity index is 885. The van der Waals surface area contributed by atoms with Crippen molar-refractivity contribution in [3.8, 4) is 0 Å². The molecule has 0 aliphatic heterocycles. The highest BCUT2D eigenvalue weighted by molar-refractivity contribution is 7.99. The average molecular weight is 375 g/mol. The predicted molar refractivity (Wildman–Crippen MR) is 104 cm³/mol. The summed E-state index contributed by atoms with van der Waals surface area (Å²) in [6.45, 7) is 4.17. The Morgan fingerprint density at radius 3 is 2.60 bits per heavy atom. The fourth-order valence-electron chi connectivity index (χ4n) is 2.65. The van der Waals surface area contributed by atoms with E-state index in [-0.39, 0.29) is 11.7 Å². The molecule has 0 unspecified atom stereocenters. The highest BCUT2D eigenvalue weighted by atomic mass is 35.5. The van der Waals surface area contributed by atoms with E-state index < -0.39 is 0 Å². The van der Waals surface area contributed by atoms with Crippen LogP contribution in [0.5, 0.6) is 0 Å². The molecule has 0 aliphatic rings. The molecule has 3 rings (SSSR count). The molecule has 2 aromatic carbocycles. The Labute approximate surface area is 156 Å². The van der Waals surface area contributed by atoms with E-state index in [2.05, 4.69) is 24.1 Å². The maximum atomic E-state index is 12.4. The molecule has 0 spiro atoms. The van der Waals surface area contributed by atoms with Crippen LogP contribution in [0.3, 0.4) is 0 Å². The number of para-hydroxylation sites is 1. The van der Waals surface area contributed by atoms with Gasteiger partial charge < -0.3 is 9.73 Å². The Hall–Kier alpha value is -1.98. The number of nitrogens with zero attached hydrogens (tertiary/aromatic N) is 1. The first-order valence-corrected chi connectivity index (χ1v) is 9.56. The summed E-state index contributed by atoms with van der Waals surface area (Å²) in [5.74, 6) is 0.169. The van der Waals surface area contributed by atoms with Gasteiger partial charge in [-0.1, -0.05) is 55.4 Å². The van der Waals surface area contributed by atoms with Gasteiger partial charge in [0, 0.05) is 10.7 Å². The first-order valence-electron chi connectivity index (χ1n) is 8.20. The molecule has 0 radical (unpaired) electrons. The van der Waals surface area contributed by atoms with Crippen molar-refractivity contribution >= 4 is 46.1 Å². The number of anilines is 1. The summed E-state index contributed by atoms with van der Waals surface area (Å²) in [5, 5.41) is 4.12. The van der Waals surface area contributed by atoms with Crippen molar-refractivity contribution in [2.24, 2.45) is 0 Å². The number of oxazole rings is 1. The van der Waals surface area contributed by atoms with Gasteiger partial charge in [0.15, 0.2) is 5.58 Å². The standard InChI is InChI=1S/C19H19ClN2O2S/c1-3-12-6-5-7-13(4-2)18(12)22-17(23)11-25-19-21-15-10-14(20)8-9-16(15)24-19/h5-10H,3-4,11H2,1-2H3,(H,22,23). The van der Waals surface area contributed by atoms with Gasteiger partial charge in [0.25, 0.3) is 5.22 Å². The lowest BCUT2D eigenvalue weighted by atomic mass is 10.0. The average Bonchev–Trinajstić information content (AvgIpc) is 3.02. The van der Waals surface area contributed by atoms with Crippen LogP contribution in [0.2, 0.25) is 5.02 Å². The molecule has 1 amide bonds. The number of carbonyl (C=O) groups is 1. The third kappa shape index (κ3) is 4.17. The number of rotatable bonds is 6. The van der Waals surface area contributed by atoms with Crippen LogP contribution in [0, 0.1) is 0 Å². The van der Waals surface area contributed by atoms with Crippen molar-refractivity contribution in [3.63, 3.8) is 0 Å². The highest BCUT2D eigenvalue weighted by Gasteiger charge is 2.13. The SMILES string of the molecule is CCc1cccc(CC)c1NC(=O)CSc1nc2cc(Cl)ccc2o1. The molecule has 130 valence electrons. The zero-order valence-corrected chi connectivity index (χ0v) is 15.7. The van der Waals surface area contributed by atoms with Crippen LogP contribution in [0.15, 0.2) is 46.0 Å². The van der Waals surface area contributed by atoms with Crippen LogP contribution in [0.1, 0.15) is 25.0 Å². The molecule has 0 fully saturated rings. The molecule has 6 heteroatoms. The van der Waals surface area contributed by atoms with E-state index in [0.717, 1.165) is 29.7 Å². The Morgan fingerprint density at radius 1 is 1.20 bits per heavy atom. The fraction of sp³-hybridized carbons (Fsp3) is 0.263. The molecule has 1 heterocycles. The molecule has 0 aliphatic carbocycles. The lowest BCUT2D eigenvalue weighted by Gasteiger charge is -2.14. The fourth-order valence-corrected chi connectivity index (χ4v) is 3.45. The molecule has 25 heavy (non-hydrogen) atoms. The second-order valence-corrected chi connectivity index (χ2v) is 6.95. The number of halogens is 1. The number of hydrogen-bond acceptors (Lipinski definition) is 4. The Morgan fingerprint density at radius 2 is 1.92 bits per heavy atom. The van der Waals surface area contributed by atoms with Crippen LogP contribution in [0.4, 0.5) is 5.69 Å². The van der Waals surface area contributed by atoms with Crippen LogP contribution < -0.4 is 5.32 Å². The second-order valence-electron chi connectivity index (χ2n) is 5.59. The molecule has 0 bridgehead atoms. The van der Waals surface area contributed by atoms with Crippen LogP contribution in [0.25, 0.3) is 11.1 Å². The van der Waals surface area contributed by atoms with E-state index in [0.29, 0.717) is 21.3 Å². The van der Waals surface area contributed by atoms with E-state index in [4.69, 9.17) is 16.0 Å². The van der Waals surface area contributed by atoms with Crippen molar-refractivity contribution in [2.45, 2.75) is 31.9 Å². The number of benzene rings is 2. The predicted octanol–water partition coefficient (Wildman–Crippen LogP) is 5.34. The van der Waals surface area contributed by atoms with E-state index in [9.17, 15) is 4.79 Å². The van der Waals surface area contributed by atoms with Gasteiger partial charge in [-0.25, -0.2) is 4.98 Å². The van der Waals surface area contributed by atoms with E-state index in [1.54, 1.807) is 18.2 Å². The number of hydrogen-bond donors (Lipinski definition) is 1. The number of aromatic nitrogens is 1. The molecule has 0 atom stereocenters. The number of carbonyl (C=O) groups excluding carboxylic acids is 1. The van der Waals surface area contributed by atoms with E-state index in [1.165, 1.54) is 11.8 Å². The summed E-state index contributed by atoms with van der Waals surface area (Å²) in [5.41, 5.74) is 4.59. The van der Waals surface area contributed by atoms with Crippen LogP contribution in [-0.2, 0) is 17.6 Å². The van der Waals surface area contributed by atoms with Gasteiger partial charge in [0.1, 0.15) is 5.52 Å². The van der Waals surface area contributed by atoms with Crippen molar-refractivity contribution in [3.05, 3.63) is 52.5 Å². The quantitative estimate of drug-likeness (QED) is 0.592. The van der Waals surface area contributed by atoms with Gasteiger partial charge in [-0.2, -0.15) is 0 Å². The third-order valence-electron chi connectivity index (χ3n) is 3.92. The maximum absolute atomic E-state index is 12.4. The Balaban J connectivity index is 1.68. The number of fused-ring (bicyclic) bond motifs is 1. The molecule has 0 saturated heterocycles. The molecule has 1 aromatic heterocycles. The van der Waals surface area contributed by atoms with E-state index in [1.807, 2.05) is 18.2 Å². The molecule has 1 N–H and O–H groups in total. The molecular weight excluding hydrogens is 356 g/mol. The van der Waals surface area contributed by atoms with E-state index >= 15 is 0 Å². The van der Waals surface area contributed by atoms with Gasteiger partial charge in [-0.15, -0.1) is 0 Å². The number of amides is 1. The van der Waals surface area contributed by atoms with Crippen molar-refractivity contribution in [1.82, 2.24) is 4.98 Å². The van der Waals surface area contributed by atoms with Gasteiger partial charge in [0.2, 0.25) is 5.91 Å². The molecule has 4 nitrogen and oxygen atoms in total. The summed E-state index contributed by atoms with van der Waals surface area (Å²) in [6, 6.07) is 11.4. The lowest BCUT2D eigenvalue weighted by molar-refractivity contribution is -0.113. The largest absolute Gasteiger partial charge is 0.431 e. The first kappa shape index (κ1) is 17.8. The summed E-state index contributed by atoms with van der Waals surface area (Å²) >= 11 is 7.22. The smallest absolute Gasteiger partial charge is 0.257 e. The van der Waals surface area contributed by atoms with Gasteiger partial charge in [0.05, 0.1) is 5.75 Å². The summed E-state index contributed by atoms with van der Waals surface area (Å²) in [4.78, 5) is 16.7. The van der Waals surface area contributed by atoms with Gasteiger partial charge in [-0.05, 0) is 42.2 Å². The highest BCUT2D eigenvalue weighted by Crippen LogP contribution is 2.27. The molecule has 0 saturated carbocycles.